The van der Waals surface area contributed by atoms with Gasteiger partial charge in [-0.1, -0.05) is 0 Å². The van der Waals surface area contributed by atoms with E-state index in [1.807, 2.05) is 0 Å². The van der Waals surface area contributed by atoms with Crippen molar-refractivity contribution in [3.05, 3.63) is 42.0 Å². The first-order valence-corrected chi connectivity index (χ1v) is 7.20. The van der Waals surface area contributed by atoms with Gasteiger partial charge in [0.05, 0.1) is 19.9 Å². The second-order valence-electron chi connectivity index (χ2n) is 5.10. The number of anilines is 2. The number of hydrogen-bond acceptors (Lipinski definition) is 5. The molecular formula is C17H16N2O5. The van der Waals surface area contributed by atoms with Crippen LogP contribution in [0.5, 0.6) is 17.2 Å². The van der Waals surface area contributed by atoms with Gasteiger partial charge in [0.1, 0.15) is 17.2 Å². The van der Waals surface area contributed by atoms with Gasteiger partial charge in [-0.3, -0.25) is 9.59 Å². The van der Waals surface area contributed by atoms with Gasteiger partial charge in [0.25, 0.3) is 11.8 Å². The van der Waals surface area contributed by atoms with Crippen LogP contribution in [0, 0.1) is 0 Å². The summed E-state index contributed by atoms with van der Waals surface area (Å²) in [4.78, 5) is 23.8. The van der Waals surface area contributed by atoms with Gasteiger partial charge in [0.15, 0.2) is 6.61 Å². The van der Waals surface area contributed by atoms with Crippen molar-refractivity contribution in [1.82, 2.24) is 0 Å². The topological polar surface area (TPSA) is 85.9 Å². The van der Waals surface area contributed by atoms with Crippen molar-refractivity contribution in [1.29, 1.82) is 0 Å². The molecule has 0 spiro atoms. The Kier molecular flexibility index (Phi) is 4.24. The fraction of sp³-hybridized carbons (Fsp3) is 0.176. The van der Waals surface area contributed by atoms with Crippen LogP contribution in [0.15, 0.2) is 36.4 Å². The first kappa shape index (κ1) is 15.7. The Balaban J connectivity index is 1.83. The van der Waals surface area contributed by atoms with Gasteiger partial charge in [-0.25, -0.2) is 0 Å². The average molecular weight is 328 g/mol. The second kappa shape index (κ2) is 6.49. The van der Waals surface area contributed by atoms with Crippen molar-refractivity contribution < 1.29 is 23.8 Å². The van der Waals surface area contributed by atoms with Crippen molar-refractivity contribution in [3.63, 3.8) is 0 Å². The fourth-order valence-corrected chi connectivity index (χ4v) is 2.31. The zero-order valence-corrected chi connectivity index (χ0v) is 13.2. The van der Waals surface area contributed by atoms with Crippen LogP contribution in [0.4, 0.5) is 11.4 Å². The summed E-state index contributed by atoms with van der Waals surface area (Å²) in [5.74, 6) is 1.09. The van der Waals surface area contributed by atoms with Crippen LogP contribution in [0.1, 0.15) is 10.4 Å². The lowest BCUT2D eigenvalue weighted by Gasteiger charge is -2.18. The van der Waals surface area contributed by atoms with E-state index in [1.165, 1.54) is 14.2 Å². The normalized spacial score (nSPS) is 12.5. The van der Waals surface area contributed by atoms with E-state index in [4.69, 9.17) is 14.2 Å². The first-order valence-electron chi connectivity index (χ1n) is 7.20. The molecule has 0 bridgehead atoms. The summed E-state index contributed by atoms with van der Waals surface area (Å²) in [6.45, 7) is -0.0256. The molecule has 0 saturated carbocycles. The number of fused-ring (bicyclic) bond motifs is 1. The highest BCUT2D eigenvalue weighted by Gasteiger charge is 2.18. The van der Waals surface area contributed by atoms with Gasteiger partial charge in [-0.05, 0) is 18.2 Å². The summed E-state index contributed by atoms with van der Waals surface area (Å²) < 4.78 is 15.6. The average Bonchev–Trinajstić information content (AvgIpc) is 2.60. The fourth-order valence-electron chi connectivity index (χ4n) is 2.31. The maximum absolute atomic E-state index is 12.4. The standard InChI is InChI=1S/C17H16N2O5/c1-22-12-6-11(7-13(8-12)23-2)18-17(21)10-3-4-15-14(5-10)19-16(20)9-24-15/h3-8H,9H2,1-2H3,(H,18,21)(H,19,20). The van der Waals surface area contributed by atoms with E-state index in [9.17, 15) is 9.59 Å². The van der Waals surface area contributed by atoms with Crippen LogP contribution in [-0.4, -0.2) is 32.6 Å². The Morgan fingerprint density at radius 1 is 1.12 bits per heavy atom. The minimum Gasteiger partial charge on any atom is -0.497 e. The van der Waals surface area contributed by atoms with Gasteiger partial charge < -0.3 is 24.8 Å². The minimum absolute atomic E-state index is 0.0256. The van der Waals surface area contributed by atoms with E-state index in [-0.39, 0.29) is 18.4 Å². The minimum atomic E-state index is -0.326. The number of carbonyl (C=O) groups is 2. The Morgan fingerprint density at radius 2 is 1.83 bits per heavy atom. The zero-order valence-electron chi connectivity index (χ0n) is 13.2. The van der Waals surface area contributed by atoms with Crippen LogP contribution in [0.3, 0.4) is 0 Å². The highest BCUT2D eigenvalue weighted by Crippen LogP contribution is 2.30. The first-order chi connectivity index (χ1) is 11.6. The molecule has 2 aromatic rings. The molecule has 1 aliphatic rings. The monoisotopic (exact) mass is 328 g/mol. The van der Waals surface area contributed by atoms with Crippen molar-refractivity contribution in [2.24, 2.45) is 0 Å². The maximum Gasteiger partial charge on any atom is 0.262 e. The van der Waals surface area contributed by atoms with E-state index in [1.54, 1.807) is 36.4 Å². The number of methoxy groups -OCH3 is 2. The SMILES string of the molecule is COc1cc(NC(=O)c2ccc3c(c2)NC(=O)CO3)cc(OC)c1. The highest BCUT2D eigenvalue weighted by atomic mass is 16.5. The van der Waals surface area contributed by atoms with Gasteiger partial charge in [0.2, 0.25) is 0 Å². The molecule has 0 atom stereocenters. The molecule has 2 amide bonds. The Morgan fingerprint density at radius 3 is 2.50 bits per heavy atom. The third-order valence-electron chi connectivity index (χ3n) is 3.48. The molecular weight excluding hydrogens is 312 g/mol. The molecule has 124 valence electrons. The number of nitrogens with one attached hydrogen (secondary N) is 2. The molecule has 0 fully saturated rings. The predicted molar refractivity (Wildman–Crippen MR) is 88.1 cm³/mol. The number of rotatable bonds is 4. The van der Waals surface area contributed by atoms with E-state index in [2.05, 4.69) is 10.6 Å². The van der Waals surface area contributed by atoms with Gasteiger partial charge in [-0.2, -0.15) is 0 Å². The molecule has 2 N–H and O–H groups in total. The number of benzene rings is 2. The predicted octanol–water partition coefficient (Wildman–Crippen LogP) is 2.29. The molecule has 7 nitrogen and oxygen atoms in total. The van der Waals surface area contributed by atoms with E-state index >= 15 is 0 Å². The molecule has 0 saturated heterocycles. The van der Waals surface area contributed by atoms with Crippen molar-refractivity contribution in [3.8, 4) is 17.2 Å². The molecule has 7 heteroatoms. The van der Waals surface area contributed by atoms with Crippen LogP contribution in [0.2, 0.25) is 0 Å². The molecule has 2 aromatic carbocycles. The zero-order chi connectivity index (χ0) is 17.1. The van der Waals surface area contributed by atoms with Crippen molar-refractivity contribution >= 4 is 23.2 Å². The lowest BCUT2D eigenvalue weighted by Crippen LogP contribution is -2.25. The van der Waals surface area contributed by atoms with Gasteiger partial charge >= 0.3 is 0 Å². The molecule has 0 aliphatic carbocycles. The summed E-state index contributed by atoms with van der Waals surface area (Å²) in [5.41, 5.74) is 1.40. The van der Waals surface area contributed by atoms with Crippen LogP contribution < -0.4 is 24.8 Å². The highest BCUT2D eigenvalue weighted by molar-refractivity contribution is 6.06. The smallest absolute Gasteiger partial charge is 0.262 e. The van der Waals surface area contributed by atoms with Crippen LogP contribution in [0.25, 0.3) is 0 Å². The van der Waals surface area contributed by atoms with Crippen molar-refractivity contribution in [2.45, 2.75) is 0 Å². The maximum atomic E-state index is 12.4. The number of amides is 2. The molecule has 1 heterocycles. The lowest BCUT2D eigenvalue weighted by atomic mass is 10.1. The summed E-state index contributed by atoms with van der Waals surface area (Å²) in [5, 5.41) is 5.44. The van der Waals surface area contributed by atoms with E-state index < -0.39 is 0 Å². The molecule has 3 rings (SSSR count). The van der Waals surface area contributed by atoms with Crippen molar-refractivity contribution in [2.75, 3.05) is 31.5 Å². The van der Waals surface area contributed by atoms with Gasteiger partial charge in [0, 0.05) is 29.4 Å². The summed E-state index contributed by atoms with van der Waals surface area (Å²) in [7, 11) is 3.07. The summed E-state index contributed by atoms with van der Waals surface area (Å²) in [6.07, 6.45) is 0. The quantitative estimate of drug-likeness (QED) is 0.899. The number of ether oxygens (including phenoxy) is 3. The molecule has 1 aliphatic heterocycles. The van der Waals surface area contributed by atoms with Crippen LogP contribution in [-0.2, 0) is 4.79 Å². The van der Waals surface area contributed by atoms with E-state index in [0.29, 0.717) is 34.2 Å². The Hall–Kier alpha value is -3.22. The van der Waals surface area contributed by atoms with Gasteiger partial charge in [-0.15, -0.1) is 0 Å². The third kappa shape index (κ3) is 3.24. The number of hydrogen-bond donors (Lipinski definition) is 2. The third-order valence-corrected chi connectivity index (χ3v) is 3.48. The largest absolute Gasteiger partial charge is 0.497 e. The molecule has 0 unspecified atom stereocenters. The lowest BCUT2D eigenvalue weighted by molar-refractivity contribution is -0.118. The Bertz CT molecular complexity index is 781. The molecule has 24 heavy (non-hydrogen) atoms. The molecule has 0 aromatic heterocycles. The second-order valence-corrected chi connectivity index (χ2v) is 5.10. The summed E-state index contributed by atoms with van der Waals surface area (Å²) >= 11 is 0. The van der Waals surface area contributed by atoms with Crippen LogP contribution >= 0.6 is 0 Å². The molecule has 0 radical (unpaired) electrons. The van der Waals surface area contributed by atoms with E-state index in [0.717, 1.165) is 0 Å². The summed E-state index contributed by atoms with van der Waals surface area (Å²) in [6, 6.07) is 9.92. The Labute approximate surface area is 138 Å². The number of carbonyl (C=O) groups excluding carboxylic acids is 2.